The molecule has 0 spiro atoms. The van der Waals surface area contributed by atoms with Gasteiger partial charge in [-0.3, -0.25) is 9.80 Å². The second-order valence-electron chi connectivity index (χ2n) is 8.36. The van der Waals surface area contributed by atoms with E-state index in [1.807, 2.05) is 16.7 Å². The van der Waals surface area contributed by atoms with Crippen LogP contribution in [0.1, 0.15) is 92.9 Å². The Hall–Kier alpha value is -1.45. The highest BCUT2D eigenvalue weighted by Crippen LogP contribution is 2.17. The fraction of sp³-hybridized carbons (Fsp3) is 0.792. The molecule has 0 aromatic heterocycles. The molecular formula is C24H47N3O. The maximum Gasteiger partial charge on any atom is 0.329 e. The molecule has 0 radical (unpaired) electrons. The van der Waals surface area contributed by atoms with Crippen LogP contribution in [0.2, 0.25) is 0 Å². The number of hydrogen-bond acceptors (Lipinski definition) is 2. The highest BCUT2D eigenvalue weighted by Gasteiger charge is 2.23. The van der Waals surface area contributed by atoms with E-state index in [-0.39, 0.29) is 6.03 Å². The third-order valence-corrected chi connectivity index (χ3v) is 5.66. The molecule has 0 aliphatic heterocycles. The van der Waals surface area contributed by atoms with E-state index in [0.717, 1.165) is 63.1 Å². The fourth-order valence-electron chi connectivity index (χ4n) is 3.05. The molecule has 2 unspecified atom stereocenters. The van der Waals surface area contributed by atoms with Crippen molar-refractivity contribution in [3.05, 3.63) is 24.7 Å². The lowest BCUT2D eigenvalue weighted by Crippen LogP contribution is -2.45. The van der Waals surface area contributed by atoms with Gasteiger partial charge in [-0.2, -0.15) is 0 Å². The summed E-state index contributed by atoms with van der Waals surface area (Å²) in [4.78, 5) is 17.0. The van der Waals surface area contributed by atoms with E-state index in [1.165, 1.54) is 12.8 Å². The van der Waals surface area contributed by atoms with Gasteiger partial charge < -0.3 is 5.32 Å². The summed E-state index contributed by atoms with van der Waals surface area (Å²) in [6.07, 6.45) is 8.82. The summed E-state index contributed by atoms with van der Waals surface area (Å²) in [6.45, 7) is 23.6. The lowest BCUT2D eigenvalue weighted by molar-refractivity contribution is 0.172. The van der Waals surface area contributed by atoms with Crippen LogP contribution in [0.5, 0.6) is 0 Å². The van der Waals surface area contributed by atoms with Gasteiger partial charge in [-0.1, -0.05) is 67.0 Å². The van der Waals surface area contributed by atoms with Crippen molar-refractivity contribution in [1.82, 2.24) is 15.1 Å². The lowest BCUT2D eigenvalue weighted by atomic mass is 10.0. The smallest absolute Gasteiger partial charge is 0.329 e. The van der Waals surface area contributed by atoms with Gasteiger partial charge in [-0.15, -0.1) is 0 Å². The van der Waals surface area contributed by atoms with Crippen molar-refractivity contribution in [2.45, 2.75) is 92.9 Å². The van der Waals surface area contributed by atoms with Crippen molar-refractivity contribution < 1.29 is 4.79 Å². The first-order valence-corrected chi connectivity index (χ1v) is 11.5. The van der Waals surface area contributed by atoms with Crippen LogP contribution < -0.4 is 5.32 Å². The minimum absolute atomic E-state index is 0.00908. The second kappa shape index (κ2) is 15.5. The summed E-state index contributed by atoms with van der Waals surface area (Å²) >= 11 is 0. The molecule has 0 fully saturated rings. The molecule has 0 heterocycles. The zero-order chi connectivity index (χ0) is 21.5. The number of urea groups is 1. The lowest BCUT2D eigenvalue weighted by Gasteiger charge is -2.33. The summed E-state index contributed by atoms with van der Waals surface area (Å²) in [5, 5.41) is 3.35. The van der Waals surface area contributed by atoms with E-state index in [2.05, 4.69) is 53.1 Å². The molecule has 0 rings (SSSR count). The Labute approximate surface area is 175 Å². The number of allylic oxidation sites excluding steroid dienone is 1. The Bertz CT molecular complexity index is 461. The van der Waals surface area contributed by atoms with Crippen LogP contribution in [-0.2, 0) is 0 Å². The van der Waals surface area contributed by atoms with Crippen LogP contribution >= 0.6 is 0 Å². The van der Waals surface area contributed by atoms with Gasteiger partial charge in [0.2, 0.25) is 0 Å². The summed E-state index contributed by atoms with van der Waals surface area (Å²) in [5.74, 6) is 2.10. The molecule has 28 heavy (non-hydrogen) atoms. The van der Waals surface area contributed by atoms with Gasteiger partial charge in [0.05, 0.1) is 0 Å². The molecular weight excluding hydrogens is 346 g/mol. The molecule has 4 nitrogen and oxygen atoms in total. The largest absolute Gasteiger partial charge is 0.372 e. The van der Waals surface area contributed by atoms with Crippen molar-refractivity contribution in [1.29, 1.82) is 0 Å². The van der Waals surface area contributed by atoms with Crippen LogP contribution in [0.15, 0.2) is 24.7 Å². The van der Waals surface area contributed by atoms with E-state index >= 15 is 0 Å². The molecule has 0 aromatic carbocycles. The number of amides is 2. The average molecular weight is 394 g/mol. The van der Waals surface area contributed by atoms with Gasteiger partial charge in [0.15, 0.2) is 0 Å². The van der Waals surface area contributed by atoms with Gasteiger partial charge in [0.25, 0.3) is 0 Å². The van der Waals surface area contributed by atoms with E-state index in [4.69, 9.17) is 0 Å². The van der Waals surface area contributed by atoms with E-state index in [9.17, 15) is 4.79 Å². The Morgan fingerprint density at radius 3 is 1.82 bits per heavy atom. The zero-order valence-corrected chi connectivity index (χ0v) is 19.6. The van der Waals surface area contributed by atoms with Gasteiger partial charge in [0.1, 0.15) is 5.82 Å². The van der Waals surface area contributed by atoms with Gasteiger partial charge in [-0.05, 0) is 50.9 Å². The van der Waals surface area contributed by atoms with Gasteiger partial charge in [0, 0.05) is 25.3 Å². The molecule has 0 bridgehead atoms. The van der Waals surface area contributed by atoms with Gasteiger partial charge >= 0.3 is 6.03 Å². The first-order valence-electron chi connectivity index (χ1n) is 11.5. The molecule has 0 saturated carbocycles. The fourth-order valence-corrected chi connectivity index (χ4v) is 3.05. The van der Waals surface area contributed by atoms with E-state index < -0.39 is 0 Å². The first-order chi connectivity index (χ1) is 13.3. The molecule has 0 saturated heterocycles. The number of rotatable bonds is 16. The Kier molecular flexibility index (Phi) is 14.7. The molecule has 1 N–H and O–H groups in total. The van der Waals surface area contributed by atoms with Crippen molar-refractivity contribution in [3.63, 3.8) is 0 Å². The summed E-state index contributed by atoms with van der Waals surface area (Å²) in [5.41, 5.74) is 0.808. The monoisotopic (exact) mass is 393 g/mol. The minimum atomic E-state index is 0.00908. The Balaban J connectivity index is 5.06. The van der Waals surface area contributed by atoms with Crippen molar-refractivity contribution >= 4 is 6.03 Å². The number of unbranched alkanes of at least 4 members (excludes halogenated alkanes) is 1. The van der Waals surface area contributed by atoms with Crippen molar-refractivity contribution in [2.24, 2.45) is 11.8 Å². The molecule has 2 amide bonds. The van der Waals surface area contributed by atoms with E-state index in [0.29, 0.717) is 18.4 Å². The van der Waals surface area contributed by atoms with Crippen molar-refractivity contribution in [3.8, 4) is 0 Å². The maximum atomic E-state index is 13.3. The summed E-state index contributed by atoms with van der Waals surface area (Å²) in [7, 11) is 0. The molecule has 4 heteroatoms. The highest BCUT2D eigenvalue weighted by atomic mass is 16.2. The first kappa shape index (κ1) is 26.6. The third kappa shape index (κ3) is 10.8. The van der Waals surface area contributed by atoms with Crippen LogP contribution in [0, 0.1) is 11.8 Å². The van der Waals surface area contributed by atoms with Crippen LogP contribution in [0.3, 0.4) is 0 Å². The molecule has 164 valence electrons. The maximum absolute atomic E-state index is 13.3. The van der Waals surface area contributed by atoms with Crippen LogP contribution in [-0.4, -0.2) is 35.5 Å². The van der Waals surface area contributed by atoms with Crippen LogP contribution in [0.25, 0.3) is 0 Å². The number of carbonyl (C=O) groups excluding carboxylic acids is 1. The number of nitrogens with zero attached hydrogens (tertiary/aromatic N) is 2. The summed E-state index contributed by atoms with van der Waals surface area (Å²) in [6, 6.07) is 0.00908. The number of nitrogens with one attached hydrogen (secondary N) is 1. The normalized spacial score (nSPS) is 12.9. The Morgan fingerprint density at radius 1 is 0.893 bits per heavy atom. The average Bonchev–Trinajstić information content (AvgIpc) is 2.67. The minimum Gasteiger partial charge on any atom is -0.372 e. The Morgan fingerprint density at radius 2 is 1.39 bits per heavy atom. The molecule has 0 aliphatic carbocycles. The molecule has 0 aromatic rings. The van der Waals surface area contributed by atoms with Gasteiger partial charge in [-0.25, -0.2) is 4.79 Å². The third-order valence-electron chi connectivity index (χ3n) is 5.66. The summed E-state index contributed by atoms with van der Waals surface area (Å²) < 4.78 is 0. The topological polar surface area (TPSA) is 35.6 Å². The predicted molar refractivity (Wildman–Crippen MR) is 123 cm³/mol. The SMILES string of the molecule is C=C(C)N(CCCC(C)CC)C(=O)N(CCCC(C)CC)C(=C)NCCCC. The number of carbonyl (C=O) groups is 1. The standard InChI is InChI=1S/C24H47N3O/c1-9-12-17-25-23(8)27(19-14-16-22(7)11-3)24(28)26(20(4)5)18-13-15-21(6)10-2/h21-22,25H,4,8-19H2,1-3,5-7H3. The molecule has 0 aliphatic rings. The number of hydrogen-bond donors (Lipinski definition) is 1. The predicted octanol–water partition coefficient (Wildman–Crippen LogP) is 6.76. The second-order valence-corrected chi connectivity index (χ2v) is 8.36. The highest BCUT2D eigenvalue weighted by molar-refractivity contribution is 5.77. The van der Waals surface area contributed by atoms with E-state index in [1.54, 1.807) is 0 Å². The quantitative estimate of drug-likeness (QED) is 0.294. The zero-order valence-electron chi connectivity index (χ0n) is 19.6. The van der Waals surface area contributed by atoms with Crippen LogP contribution in [0.4, 0.5) is 4.79 Å². The van der Waals surface area contributed by atoms with Crippen molar-refractivity contribution in [2.75, 3.05) is 19.6 Å². The molecule has 2 atom stereocenters.